The predicted molar refractivity (Wildman–Crippen MR) is 104 cm³/mol. The molecule has 5 heteroatoms. The van der Waals surface area contributed by atoms with E-state index in [1.54, 1.807) is 36.2 Å². The highest BCUT2D eigenvalue weighted by Crippen LogP contribution is 2.33. The van der Waals surface area contributed by atoms with Crippen LogP contribution in [0.4, 0.5) is 5.69 Å². The molecule has 1 fully saturated rings. The minimum absolute atomic E-state index is 0.0598. The predicted octanol–water partition coefficient (Wildman–Crippen LogP) is 4.75. The van der Waals surface area contributed by atoms with E-state index in [1.165, 1.54) is 17.3 Å². The topological polar surface area (TPSA) is 52.9 Å². The van der Waals surface area contributed by atoms with Crippen LogP contribution in [0.2, 0.25) is 0 Å². The van der Waals surface area contributed by atoms with Crippen LogP contribution in [-0.4, -0.2) is 28.1 Å². The zero-order valence-corrected chi connectivity index (χ0v) is 15.2. The molecule has 2 aromatic rings. The molecule has 0 aliphatic carbocycles. The lowest BCUT2D eigenvalue weighted by Crippen LogP contribution is -2.23. The van der Waals surface area contributed by atoms with Gasteiger partial charge in [0.2, 0.25) is 0 Å². The molecule has 1 heterocycles. The van der Waals surface area contributed by atoms with E-state index in [1.807, 2.05) is 18.2 Å². The number of benzene rings is 2. The Balaban J connectivity index is 1.84. The summed E-state index contributed by atoms with van der Waals surface area (Å²) in [5.74, 6) is 0.618. The van der Waals surface area contributed by atoms with Gasteiger partial charge in [0.15, 0.2) is 5.17 Å². The molecule has 0 bridgehead atoms. The molecule has 0 aromatic heterocycles. The number of hydrogen-bond acceptors (Lipinski definition) is 4. The molecular weight excluding hydrogens is 332 g/mol. The molecule has 0 radical (unpaired) electrons. The van der Waals surface area contributed by atoms with Crippen LogP contribution >= 0.6 is 11.8 Å². The first-order chi connectivity index (χ1) is 11.9. The van der Waals surface area contributed by atoms with E-state index in [9.17, 15) is 9.90 Å². The summed E-state index contributed by atoms with van der Waals surface area (Å²) in [6.45, 7) is 4.32. The first-order valence-electron chi connectivity index (χ1n) is 8.09. The number of amidine groups is 1. The molecule has 3 rings (SSSR count). The molecule has 0 saturated carbocycles. The fraction of sp³-hybridized carbons (Fsp3) is 0.200. The van der Waals surface area contributed by atoms with Gasteiger partial charge in [0, 0.05) is 7.05 Å². The van der Waals surface area contributed by atoms with Gasteiger partial charge in [-0.2, -0.15) is 0 Å². The Labute approximate surface area is 151 Å². The zero-order chi connectivity index (χ0) is 18.0. The van der Waals surface area contributed by atoms with Crippen molar-refractivity contribution in [1.29, 1.82) is 0 Å². The highest BCUT2D eigenvalue weighted by Gasteiger charge is 2.30. The average molecular weight is 352 g/mol. The first-order valence-corrected chi connectivity index (χ1v) is 8.91. The van der Waals surface area contributed by atoms with E-state index >= 15 is 0 Å². The molecule has 0 atom stereocenters. The lowest BCUT2D eigenvalue weighted by molar-refractivity contribution is -0.121. The SMILES string of the molecule is CC(C)c1ccc(/C=C2\SC(=Nc3ccc(O)cc3)N(C)C2=O)cc1. The summed E-state index contributed by atoms with van der Waals surface area (Å²) in [4.78, 5) is 19.1. The summed E-state index contributed by atoms with van der Waals surface area (Å²) in [5.41, 5.74) is 2.97. The monoisotopic (exact) mass is 352 g/mol. The van der Waals surface area contributed by atoms with E-state index in [4.69, 9.17) is 0 Å². The van der Waals surface area contributed by atoms with Crippen LogP contribution in [0, 0.1) is 0 Å². The van der Waals surface area contributed by atoms with Crippen molar-refractivity contribution in [1.82, 2.24) is 4.90 Å². The summed E-state index contributed by atoms with van der Waals surface area (Å²) < 4.78 is 0. The third kappa shape index (κ3) is 3.94. The van der Waals surface area contributed by atoms with Crippen molar-refractivity contribution in [2.24, 2.45) is 4.99 Å². The van der Waals surface area contributed by atoms with E-state index in [2.05, 4.69) is 31.0 Å². The van der Waals surface area contributed by atoms with E-state index in [-0.39, 0.29) is 11.7 Å². The van der Waals surface area contributed by atoms with E-state index < -0.39 is 0 Å². The van der Waals surface area contributed by atoms with Crippen molar-refractivity contribution in [3.8, 4) is 5.75 Å². The number of nitrogens with zero attached hydrogens (tertiary/aromatic N) is 2. The number of carbonyl (C=O) groups excluding carboxylic acids is 1. The largest absolute Gasteiger partial charge is 0.508 e. The number of hydrogen-bond donors (Lipinski definition) is 1. The number of amides is 1. The van der Waals surface area contributed by atoms with Crippen LogP contribution in [0.15, 0.2) is 58.4 Å². The third-order valence-corrected chi connectivity index (χ3v) is 5.04. The Bertz CT molecular complexity index is 837. The number of aliphatic imine (C=N–C) groups is 1. The second-order valence-corrected chi connectivity index (χ2v) is 7.22. The number of thioether (sulfide) groups is 1. The molecule has 25 heavy (non-hydrogen) atoms. The van der Waals surface area contributed by atoms with Gasteiger partial charge < -0.3 is 5.11 Å². The molecule has 0 unspecified atom stereocenters. The molecule has 4 nitrogen and oxygen atoms in total. The molecular formula is C20H20N2O2S. The Kier molecular flexibility index (Phi) is 4.95. The van der Waals surface area contributed by atoms with Crippen molar-refractivity contribution >= 4 is 34.6 Å². The number of likely N-dealkylation sites (N-methyl/N-ethyl adjacent to an activating group) is 1. The molecule has 1 saturated heterocycles. The highest BCUT2D eigenvalue weighted by molar-refractivity contribution is 8.18. The van der Waals surface area contributed by atoms with Crippen molar-refractivity contribution in [2.75, 3.05) is 7.05 Å². The highest BCUT2D eigenvalue weighted by atomic mass is 32.2. The smallest absolute Gasteiger partial charge is 0.266 e. The van der Waals surface area contributed by atoms with Gasteiger partial charge in [0.1, 0.15) is 5.75 Å². The molecule has 1 aliphatic rings. The van der Waals surface area contributed by atoms with Crippen molar-refractivity contribution in [3.63, 3.8) is 0 Å². The van der Waals surface area contributed by atoms with Crippen molar-refractivity contribution in [3.05, 3.63) is 64.6 Å². The van der Waals surface area contributed by atoms with Gasteiger partial charge in [-0.1, -0.05) is 38.1 Å². The second kappa shape index (κ2) is 7.15. The van der Waals surface area contributed by atoms with Crippen molar-refractivity contribution in [2.45, 2.75) is 19.8 Å². The van der Waals surface area contributed by atoms with Crippen LogP contribution in [0.3, 0.4) is 0 Å². The van der Waals surface area contributed by atoms with Crippen LogP contribution in [0.1, 0.15) is 30.9 Å². The summed E-state index contributed by atoms with van der Waals surface area (Å²) in [6, 6.07) is 14.8. The van der Waals surface area contributed by atoms with Gasteiger partial charge in [-0.3, -0.25) is 9.69 Å². The average Bonchev–Trinajstić information content (AvgIpc) is 2.85. The Hall–Kier alpha value is -2.53. The van der Waals surface area contributed by atoms with Gasteiger partial charge in [-0.25, -0.2) is 4.99 Å². The zero-order valence-electron chi connectivity index (χ0n) is 14.4. The Morgan fingerprint density at radius 1 is 1.08 bits per heavy atom. The maximum absolute atomic E-state index is 12.5. The maximum Gasteiger partial charge on any atom is 0.266 e. The van der Waals surface area contributed by atoms with Crippen LogP contribution in [0.25, 0.3) is 6.08 Å². The van der Waals surface area contributed by atoms with Gasteiger partial charge in [-0.05, 0) is 59.1 Å². The fourth-order valence-corrected chi connectivity index (χ4v) is 3.40. The number of rotatable bonds is 3. The van der Waals surface area contributed by atoms with Gasteiger partial charge >= 0.3 is 0 Å². The molecule has 1 amide bonds. The van der Waals surface area contributed by atoms with Gasteiger partial charge in [0.25, 0.3) is 5.91 Å². The van der Waals surface area contributed by atoms with Crippen LogP contribution < -0.4 is 0 Å². The second-order valence-electron chi connectivity index (χ2n) is 6.21. The molecule has 1 N–H and O–H groups in total. The number of phenolic OH excluding ortho intramolecular Hbond substituents is 1. The lowest BCUT2D eigenvalue weighted by Gasteiger charge is -2.07. The van der Waals surface area contributed by atoms with Crippen LogP contribution in [-0.2, 0) is 4.79 Å². The molecule has 2 aromatic carbocycles. The summed E-state index contributed by atoms with van der Waals surface area (Å²) in [7, 11) is 1.72. The maximum atomic E-state index is 12.5. The van der Waals surface area contributed by atoms with Gasteiger partial charge in [0.05, 0.1) is 10.6 Å². The van der Waals surface area contributed by atoms with E-state index in [0.717, 1.165) is 5.56 Å². The van der Waals surface area contributed by atoms with Crippen molar-refractivity contribution < 1.29 is 9.90 Å². The van der Waals surface area contributed by atoms with Gasteiger partial charge in [-0.15, -0.1) is 0 Å². The standard InChI is InChI=1S/C20H20N2O2S/c1-13(2)15-6-4-14(5-7-15)12-18-19(24)22(3)20(25-18)21-16-8-10-17(23)11-9-16/h4-13,23H,1-3H3/b18-12-,21-20?. The Morgan fingerprint density at radius 3 is 2.32 bits per heavy atom. The van der Waals surface area contributed by atoms with E-state index in [0.29, 0.717) is 21.7 Å². The summed E-state index contributed by atoms with van der Waals surface area (Å²) >= 11 is 1.36. The number of aromatic hydroxyl groups is 1. The fourth-order valence-electron chi connectivity index (χ4n) is 2.42. The summed E-state index contributed by atoms with van der Waals surface area (Å²) in [6.07, 6.45) is 1.90. The molecule has 0 spiro atoms. The minimum Gasteiger partial charge on any atom is -0.508 e. The number of carbonyl (C=O) groups is 1. The molecule has 128 valence electrons. The number of phenols is 1. The lowest BCUT2D eigenvalue weighted by atomic mass is 10.0. The summed E-state index contributed by atoms with van der Waals surface area (Å²) in [5, 5.41) is 9.97. The molecule has 1 aliphatic heterocycles. The minimum atomic E-state index is -0.0598. The normalized spacial score (nSPS) is 17.9. The third-order valence-electron chi connectivity index (χ3n) is 3.98. The van der Waals surface area contributed by atoms with Crippen LogP contribution in [0.5, 0.6) is 5.75 Å². The first kappa shape index (κ1) is 17.3. The Morgan fingerprint density at radius 2 is 1.72 bits per heavy atom. The quantitative estimate of drug-likeness (QED) is 0.811.